The molecule has 0 saturated carbocycles. The van der Waals surface area contributed by atoms with Gasteiger partial charge >= 0.3 is 5.97 Å². The first-order valence-electron chi connectivity index (χ1n) is 5.41. The highest BCUT2D eigenvalue weighted by Crippen LogP contribution is 2.24. The normalized spacial score (nSPS) is 13.1. The fraction of sp³-hybridized carbons (Fsp3) is 0.417. The molecule has 1 unspecified atom stereocenters. The number of alkyl halides is 1. The Morgan fingerprint density at radius 2 is 2.11 bits per heavy atom. The molecule has 1 rings (SSSR count). The van der Waals surface area contributed by atoms with Crippen LogP contribution < -0.4 is 10.5 Å². The molecule has 0 saturated heterocycles. The van der Waals surface area contributed by atoms with Gasteiger partial charge in [-0.15, -0.1) is 12.4 Å². The molecule has 4 nitrogen and oxygen atoms in total. The van der Waals surface area contributed by atoms with Gasteiger partial charge in [0, 0.05) is 11.6 Å². The van der Waals surface area contributed by atoms with Crippen LogP contribution in [0.3, 0.4) is 0 Å². The van der Waals surface area contributed by atoms with Gasteiger partial charge < -0.3 is 15.2 Å². The summed E-state index contributed by atoms with van der Waals surface area (Å²) in [5.41, 5.74) is 5.40. The van der Waals surface area contributed by atoms with Crippen molar-refractivity contribution in [1.82, 2.24) is 0 Å². The molecule has 0 aliphatic heterocycles. The summed E-state index contributed by atoms with van der Waals surface area (Å²) in [6.07, 6.45) is -2.10. The van der Waals surface area contributed by atoms with Crippen molar-refractivity contribution in [1.29, 1.82) is 0 Å². The van der Waals surface area contributed by atoms with E-state index >= 15 is 0 Å². The smallest absolute Gasteiger partial charge is 0.342 e. The summed E-state index contributed by atoms with van der Waals surface area (Å²) >= 11 is 0. The Bertz CT molecular complexity index is 431. The monoisotopic (exact) mass is 295 g/mol. The van der Waals surface area contributed by atoms with Crippen LogP contribution in [0.2, 0.25) is 0 Å². The van der Waals surface area contributed by atoms with E-state index < -0.39 is 24.0 Å². The Kier molecular flexibility index (Phi) is 7.33. The lowest BCUT2D eigenvalue weighted by Crippen LogP contribution is -2.32. The third-order valence-corrected chi connectivity index (χ3v) is 2.39. The van der Waals surface area contributed by atoms with Crippen molar-refractivity contribution in [3.8, 4) is 5.75 Å². The van der Waals surface area contributed by atoms with Crippen LogP contribution in [0, 0.1) is 5.82 Å². The highest BCUT2D eigenvalue weighted by molar-refractivity contribution is 5.85. The molecular weight excluding hydrogens is 280 g/mol. The van der Waals surface area contributed by atoms with E-state index in [4.69, 9.17) is 10.5 Å². The number of methoxy groups -OCH3 is 1. The van der Waals surface area contributed by atoms with Gasteiger partial charge in [0.15, 0.2) is 0 Å². The van der Waals surface area contributed by atoms with E-state index in [9.17, 15) is 13.6 Å². The topological polar surface area (TPSA) is 61.5 Å². The number of nitrogens with two attached hydrogens (primary N) is 1. The lowest BCUT2D eigenvalue weighted by Gasteiger charge is -2.16. The predicted molar refractivity (Wildman–Crippen MR) is 68.7 cm³/mol. The van der Waals surface area contributed by atoms with Gasteiger partial charge in [-0.3, -0.25) is 0 Å². The number of halogens is 3. The maximum absolute atomic E-state index is 13.6. The number of esters is 1. The molecule has 2 N–H and O–H groups in total. The summed E-state index contributed by atoms with van der Waals surface area (Å²) in [7, 11) is 1.38. The Hall–Kier alpha value is -1.40. The molecule has 0 bridgehead atoms. The molecule has 0 aliphatic rings. The Labute approximate surface area is 116 Å². The average molecular weight is 296 g/mol. The summed E-state index contributed by atoms with van der Waals surface area (Å²) in [6.45, 7) is 1.58. The summed E-state index contributed by atoms with van der Waals surface area (Å²) in [4.78, 5) is 11.2. The number of carbonyl (C=O) groups excluding carboxylic acids is 1. The summed E-state index contributed by atoms with van der Waals surface area (Å²) < 4.78 is 36.5. The maximum Gasteiger partial charge on any atom is 0.342 e. The predicted octanol–water partition coefficient (Wildman–Crippen LogP) is 2.16. The number of ether oxygens (including phenoxy) is 2. The van der Waals surface area contributed by atoms with Crippen molar-refractivity contribution in [3.05, 3.63) is 29.6 Å². The first-order chi connectivity index (χ1) is 8.51. The van der Waals surface area contributed by atoms with Crippen LogP contribution in [-0.2, 0) is 9.53 Å². The highest BCUT2D eigenvalue weighted by atomic mass is 35.5. The highest BCUT2D eigenvalue weighted by Gasteiger charge is 2.29. The van der Waals surface area contributed by atoms with E-state index in [1.165, 1.54) is 19.2 Å². The van der Waals surface area contributed by atoms with E-state index in [1.54, 1.807) is 6.92 Å². The van der Waals surface area contributed by atoms with Gasteiger partial charge in [-0.2, -0.15) is 0 Å². The van der Waals surface area contributed by atoms with Crippen molar-refractivity contribution >= 4 is 18.4 Å². The average Bonchev–Trinajstić information content (AvgIpc) is 2.37. The molecule has 0 amide bonds. The molecule has 7 heteroatoms. The van der Waals surface area contributed by atoms with Crippen LogP contribution in [0.1, 0.15) is 18.5 Å². The number of carbonyl (C=O) groups is 1. The van der Waals surface area contributed by atoms with Crippen molar-refractivity contribution in [2.24, 2.45) is 5.73 Å². The van der Waals surface area contributed by atoms with Gasteiger partial charge in [0.1, 0.15) is 11.6 Å². The minimum Gasteiger partial charge on any atom is -0.497 e. The number of benzene rings is 1. The second kappa shape index (κ2) is 7.91. The van der Waals surface area contributed by atoms with Crippen molar-refractivity contribution in [2.75, 3.05) is 13.7 Å². The number of rotatable bonds is 5. The first-order valence-corrected chi connectivity index (χ1v) is 5.41. The molecule has 2 atom stereocenters. The van der Waals surface area contributed by atoms with Gasteiger partial charge in [-0.25, -0.2) is 13.6 Å². The molecule has 19 heavy (non-hydrogen) atoms. The van der Waals surface area contributed by atoms with Crippen LogP contribution in [0.25, 0.3) is 0 Å². The van der Waals surface area contributed by atoms with E-state index in [0.717, 1.165) is 6.07 Å². The van der Waals surface area contributed by atoms with Crippen LogP contribution >= 0.6 is 12.4 Å². The Balaban J connectivity index is 0.00000324. The van der Waals surface area contributed by atoms with Gasteiger partial charge in [-0.05, 0) is 13.0 Å². The van der Waals surface area contributed by atoms with Crippen LogP contribution in [0.5, 0.6) is 5.75 Å². The van der Waals surface area contributed by atoms with Crippen LogP contribution in [0.15, 0.2) is 18.2 Å². The van der Waals surface area contributed by atoms with Crippen molar-refractivity contribution < 1.29 is 23.0 Å². The van der Waals surface area contributed by atoms with E-state index in [0.29, 0.717) is 0 Å². The molecule has 0 radical (unpaired) electrons. The zero-order chi connectivity index (χ0) is 13.7. The molecule has 0 aliphatic carbocycles. The van der Waals surface area contributed by atoms with E-state index in [-0.39, 0.29) is 30.3 Å². The summed E-state index contributed by atoms with van der Waals surface area (Å²) in [6, 6.07) is 2.39. The van der Waals surface area contributed by atoms with E-state index in [2.05, 4.69) is 4.74 Å². The molecular formula is C12H16ClF2NO3. The van der Waals surface area contributed by atoms with Gasteiger partial charge in [-0.1, -0.05) is 6.07 Å². The summed E-state index contributed by atoms with van der Waals surface area (Å²) in [5.74, 6) is -1.54. The molecule has 1 aromatic rings. The zero-order valence-electron chi connectivity index (χ0n) is 10.6. The number of hydrogen-bond acceptors (Lipinski definition) is 4. The second-order valence-electron chi connectivity index (χ2n) is 3.57. The molecule has 108 valence electrons. The Morgan fingerprint density at radius 3 is 2.58 bits per heavy atom. The maximum atomic E-state index is 13.6. The van der Waals surface area contributed by atoms with Gasteiger partial charge in [0.05, 0.1) is 19.8 Å². The first kappa shape index (κ1) is 17.6. The molecule has 0 heterocycles. The fourth-order valence-corrected chi connectivity index (χ4v) is 1.43. The zero-order valence-corrected chi connectivity index (χ0v) is 11.4. The van der Waals surface area contributed by atoms with E-state index in [1.807, 2.05) is 0 Å². The third kappa shape index (κ3) is 4.33. The fourth-order valence-electron chi connectivity index (χ4n) is 1.43. The largest absolute Gasteiger partial charge is 0.497 e. The molecule has 0 spiro atoms. The lowest BCUT2D eigenvalue weighted by atomic mass is 10.0. The Morgan fingerprint density at radius 1 is 1.47 bits per heavy atom. The number of hydrogen-bond donors (Lipinski definition) is 1. The quantitative estimate of drug-likeness (QED) is 0.846. The molecule has 0 fully saturated rings. The summed E-state index contributed by atoms with van der Waals surface area (Å²) in [5, 5.41) is 0. The molecule has 1 aromatic carbocycles. The standard InChI is InChI=1S/C12H15F2NO3.ClH/c1-3-18-12(16)10(14)11(15)8-5-4-7(17-2)6-9(8)13;/h4-6,10-11H,3,15H2,1-2H3;1H/t10?,11-;/m1./s1. The lowest BCUT2D eigenvalue weighted by molar-refractivity contribution is -0.149. The third-order valence-electron chi connectivity index (χ3n) is 2.39. The van der Waals surface area contributed by atoms with Crippen molar-refractivity contribution in [3.63, 3.8) is 0 Å². The second-order valence-corrected chi connectivity index (χ2v) is 3.57. The molecule has 0 aromatic heterocycles. The van der Waals surface area contributed by atoms with Crippen LogP contribution in [0.4, 0.5) is 8.78 Å². The van der Waals surface area contributed by atoms with Crippen molar-refractivity contribution in [2.45, 2.75) is 19.1 Å². The van der Waals surface area contributed by atoms with Crippen LogP contribution in [-0.4, -0.2) is 25.9 Å². The van der Waals surface area contributed by atoms with Gasteiger partial charge in [0.25, 0.3) is 0 Å². The minimum absolute atomic E-state index is 0. The minimum atomic E-state index is -2.10. The van der Waals surface area contributed by atoms with Gasteiger partial charge in [0.2, 0.25) is 6.17 Å². The SMILES string of the molecule is CCOC(=O)C(F)[C@H](N)c1ccc(OC)cc1F.Cl.